The number of nitrogens with one attached hydrogen (secondary N) is 1. The van der Waals surface area contributed by atoms with Crippen LogP contribution >= 0.6 is 23.1 Å². The van der Waals surface area contributed by atoms with E-state index in [1.165, 1.54) is 25.7 Å². The molecule has 0 spiro atoms. The van der Waals surface area contributed by atoms with Gasteiger partial charge < -0.3 is 10.4 Å². The zero-order chi connectivity index (χ0) is 16.3. The van der Waals surface area contributed by atoms with Crippen LogP contribution in [0.1, 0.15) is 37.5 Å². The first-order chi connectivity index (χ1) is 11.0. The molecule has 1 unspecified atom stereocenters. The van der Waals surface area contributed by atoms with Gasteiger partial charge >= 0.3 is 0 Å². The molecule has 1 aliphatic carbocycles. The van der Waals surface area contributed by atoms with E-state index in [0.29, 0.717) is 11.0 Å². The van der Waals surface area contributed by atoms with Crippen LogP contribution in [0, 0.1) is 0 Å². The topological polar surface area (TPSA) is 49.3 Å². The standard InChI is InChI=1S/C18H23NO2S2/c1-18(21,16-10-13-6-2-5-9-15(13)23-16)12-19-17(20)11-22-14-7-3-4-8-14/h2,5-6,9-10,14,21H,3-4,7-8,11-12H2,1H3,(H,19,20). The molecule has 2 aromatic rings. The first kappa shape index (κ1) is 16.8. The molecule has 0 saturated heterocycles. The minimum Gasteiger partial charge on any atom is -0.383 e. The maximum atomic E-state index is 12.0. The number of benzene rings is 1. The van der Waals surface area contributed by atoms with Gasteiger partial charge in [-0.1, -0.05) is 31.0 Å². The van der Waals surface area contributed by atoms with E-state index in [1.54, 1.807) is 30.0 Å². The Morgan fingerprint density at radius 2 is 2.13 bits per heavy atom. The summed E-state index contributed by atoms with van der Waals surface area (Å²) in [5, 5.41) is 15.4. The van der Waals surface area contributed by atoms with Crippen molar-refractivity contribution in [3.63, 3.8) is 0 Å². The van der Waals surface area contributed by atoms with E-state index in [1.807, 2.05) is 24.3 Å². The lowest BCUT2D eigenvalue weighted by atomic mass is 10.0. The smallest absolute Gasteiger partial charge is 0.230 e. The number of hydrogen-bond donors (Lipinski definition) is 2. The second-order valence-corrected chi connectivity index (χ2v) is 8.79. The summed E-state index contributed by atoms with van der Waals surface area (Å²) in [5.41, 5.74) is -1.03. The van der Waals surface area contributed by atoms with Crippen LogP contribution in [0.3, 0.4) is 0 Å². The average molecular weight is 350 g/mol. The Hall–Kier alpha value is -1.04. The molecule has 2 N–H and O–H groups in total. The largest absolute Gasteiger partial charge is 0.383 e. The number of hydrogen-bond acceptors (Lipinski definition) is 4. The van der Waals surface area contributed by atoms with Crippen LogP contribution < -0.4 is 5.32 Å². The van der Waals surface area contributed by atoms with E-state index in [2.05, 4.69) is 11.4 Å². The van der Waals surface area contributed by atoms with Crippen LogP contribution in [0.15, 0.2) is 30.3 Å². The van der Waals surface area contributed by atoms with Crippen molar-refractivity contribution in [2.45, 2.75) is 43.5 Å². The van der Waals surface area contributed by atoms with Crippen molar-refractivity contribution in [2.75, 3.05) is 12.3 Å². The monoisotopic (exact) mass is 349 g/mol. The van der Waals surface area contributed by atoms with Crippen LogP contribution in [0.4, 0.5) is 0 Å². The number of amides is 1. The normalized spacial score (nSPS) is 18.2. The van der Waals surface area contributed by atoms with Gasteiger partial charge in [-0.3, -0.25) is 4.79 Å². The first-order valence-corrected chi connectivity index (χ1v) is 10.0. The summed E-state index contributed by atoms with van der Waals surface area (Å²) in [6, 6.07) is 10.1. The summed E-state index contributed by atoms with van der Waals surface area (Å²) in [4.78, 5) is 12.9. The van der Waals surface area contributed by atoms with Gasteiger partial charge in [0.1, 0.15) is 5.60 Å². The summed E-state index contributed by atoms with van der Waals surface area (Å²) < 4.78 is 1.16. The molecule has 1 fully saturated rings. The highest BCUT2D eigenvalue weighted by molar-refractivity contribution is 8.00. The quantitative estimate of drug-likeness (QED) is 0.831. The maximum absolute atomic E-state index is 12.0. The van der Waals surface area contributed by atoms with Crippen molar-refractivity contribution in [3.8, 4) is 0 Å². The third kappa shape index (κ3) is 4.28. The summed E-state index contributed by atoms with van der Waals surface area (Å²) in [5.74, 6) is 0.510. The third-order valence-electron chi connectivity index (χ3n) is 4.34. The number of carbonyl (C=O) groups excluding carboxylic acids is 1. The second kappa shape index (κ2) is 7.24. The summed E-state index contributed by atoms with van der Waals surface area (Å²) in [6.07, 6.45) is 5.05. The Morgan fingerprint density at radius 1 is 1.39 bits per heavy atom. The van der Waals surface area contributed by atoms with Crippen molar-refractivity contribution in [1.82, 2.24) is 5.32 Å². The predicted molar refractivity (Wildman–Crippen MR) is 99.1 cm³/mol. The van der Waals surface area contributed by atoms with Crippen molar-refractivity contribution < 1.29 is 9.90 Å². The molecule has 0 radical (unpaired) electrons. The molecule has 3 nitrogen and oxygen atoms in total. The van der Waals surface area contributed by atoms with Gasteiger partial charge in [0, 0.05) is 14.8 Å². The van der Waals surface area contributed by atoms with Gasteiger partial charge in [0.25, 0.3) is 0 Å². The van der Waals surface area contributed by atoms with Gasteiger partial charge in [0.2, 0.25) is 5.91 Å². The van der Waals surface area contributed by atoms with Gasteiger partial charge in [-0.15, -0.1) is 23.1 Å². The molecule has 5 heteroatoms. The average Bonchev–Trinajstić information content (AvgIpc) is 3.20. The summed E-state index contributed by atoms with van der Waals surface area (Å²) in [6.45, 7) is 2.02. The zero-order valence-electron chi connectivity index (χ0n) is 13.4. The molecule has 3 rings (SSSR count). The van der Waals surface area contributed by atoms with Crippen LogP contribution in [0.25, 0.3) is 10.1 Å². The minimum atomic E-state index is -1.03. The predicted octanol–water partition coefficient (Wildman–Crippen LogP) is 3.90. The molecule has 1 heterocycles. The molecule has 1 aliphatic rings. The van der Waals surface area contributed by atoms with E-state index in [0.717, 1.165) is 15.0 Å². The Bertz CT molecular complexity index is 641. The molecule has 124 valence electrons. The number of aliphatic hydroxyl groups is 1. The second-order valence-electron chi connectivity index (χ2n) is 6.42. The zero-order valence-corrected chi connectivity index (χ0v) is 15.0. The Labute approximate surface area is 145 Å². The van der Waals surface area contributed by atoms with Gasteiger partial charge in [0.05, 0.1) is 12.3 Å². The van der Waals surface area contributed by atoms with Crippen LogP contribution in [0.2, 0.25) is 0 Å². The molecule has 1 amide bonds. The molecule has 1 atom stereocenters. The van der Waals surface area contributed by atoms with Gasteiger partial charge in [-0.2, -0.15) is 0 Å². The molecule has 0 aliphatic heterocycles. The van der Waals surface area contributed by atoms with Crippen molar-refractivity contribution in [3.05, 3.63) is 35.2 Å². The summed E-state index contributed by atoms with van der Waals surface area (Å²) >= 11 is 3.33. The van der Waals surface area contributed by atoms with Crippen molar-refractivity contribution >= 4 is 39.1 Å². The molecule has 0 bridgehead atoms. The lowest BCUT2D eigenvalue weighted by Gasteiger charge is -2.22. The fraction of sp³-hybridized carbons (Fsp3) is 0.500. The molecular weight excluding hydrogens is 326 g/mol. The third-order valence-corrected chi connectivity index (χ3v) is 7.08. The van der Waals surface area contributed by atoms with Crippen LogP contribution in [-0.2, 0) is 10.4 Å². The van der Waals surface area contributed by atoms with E-state index >= 15 is 0 Å². The maximum Gasteiger partial charge on any atom is 0.230 e. The summed E-state index contributed by atoms with van der Waals surface area (Å²) in [7, 11) is 0. The minimum absolute atomic E-state index is 0.0169. The Morgan fingerprint density at radius 3 is 2.87 bits per heavy atom. The number of carbonyl (C=O) groups is 1. The Balaban J connectivity index is 1.54. The van der Waals surface area contributed by atoms with Crippen LogP contribution in [0.5, 0.6) is 0 Å². The van der Waals surface area contributed by atoms with Crippen molar-refractivity contribution in [1.29, 1.82) is 0 Å². The number of thioether (sulfide) groups is 1. The molecule has 23 heavy (non-hydrogen) atoms. The highest BCUT2D eigenvalue weighted by Gasteiger charge is 2.26. The fourth-order valence-corrected chi connectivity index (χ4v) is 5.17. The molecule has 1 saturated carbocycles. The van der Waals surface area contributed by atoms with Crippen molar-refractivity contribution in [2.24, 2.45) is 0 Å². The van der Waals surface area contributed by atoms with E-state index < -0.39 is 5.60 Å². The lowest BCUT2D eigenvalue weighted by molar-refractivity contribution is -0.119. The van der Waals surface area contributed by atoms with E-state index in [9.17, 15) is 9.90 Å². The number of rotatable bonds is 6. The molecule has 1 aromatic heterocycles. The van der Waals surface area contributed by atoms with E-state index in [4.69, 9.17) is 0 Å². The fourth-order valence-electron chi connectivity index (χ4n) is 2.90. The molecular formula is C18H23NO2S2. The molecule has 1 aromatic carbocycles. The van der Waals surface area contributed by atoms with Gasteiger partial charge in [0.15, 0.2) is 0 Å². The highest BCUT2D eigenvalue weighted by Crippen LogP contribution is 2.33. The highest BCUT2D eigenvalue weighted by atomic mass is 32.2. The van der Waals surface area contributed by atoms with Crippen LogP contribution in [-0.4, -0.2) is 28.6 Å². The number of fused-ring (bicyclic) bond motifs is 1. The van der Waals surface area contributed by atoms with Gasteiger partial charge in [-0.05, 0) is 37.3 Å². The first-order valence-electron chi connectivity index (χ1n) is 8.14. The number of thiophene rings is 1. The van der Waals surface area contributed by atoms with E-state index in [-0.39, 0.29) is 12.5 Å². The van der Waals surface area contributed by atoms with Gasteiger partial charge in [-0.25, -0.2) is 0 Å². The SMILES string of the molecule is CC(O)(CNC(=O)CSC1CCCC1)c1cc2ccccc2s1. The lowest BCUT2D eigenvalue weighted by Crippen LogP contribution is -2.39. The Kier molecular flexibility index (Phi) is 5.29.